The number of nitriles is 1. The molecule has 0 unspecified atom stereocenters. The Kier molecular flexibility index (Phi) is 3.31. The molecule has 15 heavy (non-hydrogen) atoms. The molecule has 0 bridgehead atoms. The molecule has 0 aromatic heterocycles. The molecule has 2 nitrogen and oxygen atoms in total. The normalized spacial score (nSPS) is 28.5. The van der Waals surface area contributed by atoms with E-state index in [0.29, 0.717) is 0 Å². The first-order chi connectivity index (χ1) is 7.27. The number of hydrogen-bond donors (Lipinski definition) is 0. The Hall–Kier alpha value is -0.550. The molecule has 2 fully saturated rings. The molecule has 0 spiro atoms. The minimum Gasteiger partial charge on any atom is -0.286 e. The molecule has 84 valence electrons. The van der Waals surface area contributed by atoms with E-state index in [4.69, 9.17) is 0 Å². The van der Waals surface area contributed by atoms with Crippen molar-refractivity contribution in [2.45, 2.75) is 57.4 Å². The maximum atomic E-state index is 9.47. The lowest BCUT2D eigenvalue weighted by molar-refractivity contribution is 0.0633. The molecule has 0 aromatic carbocycles. The van der Waals surface area contributed by atoms with E-state index in [0.717, 1.165) is 31.8 Å². The molecule has 2 rings (SSSR count). The summed E-state index contributed by atoms with van der Waals surface area (Å²) in [7, 11) is 0. The zero-order valence-corrected chi connectivity index (χ0v) is 9.84. The number of rotatable bonds is 1. The first kappa shape index (κ1) is 11.0. The molecular weight excluding hydrogens is 184 g/mol. The van der Waals surface area contributed by atoms with Crippen LogP contribution in [0.4, 0.5) is 0 Å². The van der Waals surface area contributed by atoms with Gasteiger partial charge in [0.05, 0.1) is 6.07 Å². The van der Waals surface area contributed by atoms with Gasteiger partial charge in [0, 0.05) is 0 Å². The number of likely N-dealkylation sites (tertiary alicyclic amines) is 1. The summed E-state index contributed by atoms with van der Waals surface area (Å²) in [5.41, 5.74) is -0.0849. The lowest BCUT2D eigenvalue weighted by atomic mass is 9.80. The van der Waals surface area contributed by atoms with Crippen LogP contribution in [0, 0.1) is 17.2 Å². The zero-order chi connectivity index (χ0) is 10.7. The maximum absolute atomic E-state index is 9.47. The van der Waals surface area contributed by atoms with Crippen LogP contribution < -0.4 is 0 Å². The lowest BCUT2D eigenvalue weighted by Crippen LogP contribution is -2.52. The van der Waals surface area contributed by atoms with E-state index >= 15 is 0 Å². The Morgan fingerprint density at radius 2 is 1.73 bits per heavy atom. The van der Waals surface area contributed by atoms with Gasteiger partial charge in [-0.25, -0.2) is 0 Å². The van der Waals surface area contributed by atoms with Crippen LogP contribution in [0.5, 0.6) is 0 Å². The Morgan fingerprint density at radius 1 is 1.13 bits per heavy atom. The van der Waals surface area contributed by atoms with E-state index in [1.165, 1.54) is 32.1 Å². The van der Waals surface area contributed by atoms with E-state index in [9.17, 15) is 5.26 Å². The molecule has 1 saturated heterocycles. The summed E-state index contributed by atoms with van der Waals surface area (Å²) in [5, 5.41) is 9.47. The zero-order valence-electron chi connectivity index (χ0n) is 9.84. The standard InChI is InChI=1S/C13H22N2/c1-12-5-9-15(10-6-12)13(11-14)7-3-2-4-8-13/h12H,2-10H2,1H3. The fourth-order valence-corrected chi connectivity index (χ4v) is 3.07. The fourth-order valence-electron chi connectivity index (χ4n) is 3.07. The van der Waals surface area contributed by atoms with Crippen molar-refractivity contribution in [3.05, 3.63) is 0 Å². The third kappa shape index (κ3) is 2.18. The highest BCUT2D eigenvalue weighted by Gasteiger charge is 2.39. The second kappa shape index (κ2) is 4.53. The van der Waals surface area contributed by atoms with Gasteiger partial charge in [-0.05, 0) is 44.7 Å². The Labute approximate surface area is 93.3 Å². The van der Waals surface area contributed by atoms with Crippen LogP contribution in [0.2, 0.25) is 0 Å². The Bertz CT molecular complexity index is 240. The van der Waals surface area contributed by atoms with Crippen molar-refractivity contribution in [3.63, 3.8) is 0 Å². The van der Waals surface area contributed by atoms with Gasteiger partial charge in [0.15, 0.2) is 0 Å². The molecule has 2 aliphatic rings. The van der Waals surface area contributed by atoms with Crippen molar-refractivity contribution in [1.29, 1.82) is 5.26 Å². The van der Waals surface area contributed by atoms with E-state index < -0.39 is 0 Å². The van der Waals surface area contributed by atoms with E-state index in [2.05, 4.69) is 17.9 Å². The Morgan fingerprint density at radius 3 is 2.27 bits per heavy atom. The van der Waals surface area contributed by atoms with Crippen LogP contribution in [-0.2, 0) is 0 Å². The molecule has 0 amide bonds. The molecule has 2 heteroatoms. The van der Waals surface area contributed by atoms with Gasteiger partial charge in [-0.15, -0.1) is 0 Å². The third-order valence-electron chi connectivity index (χ3n) is 4.28. The number of piperidine rings is 1. The molecule has 0 N–H and O–H groups in total. The van der Waals surface area contributed by atoms with Gasteiger partial charge in [-0.1, -0.05) is 26.2 Å². The van der Waals surface area contributed by atoms with Crippen molar-refractivity contribution in [1.82, 2.24) is 4.90 Å². The van der Waals surface area contributed by atoms with Crippen LogP contribution in [0.15, 0.2) is 0 Å². The fraction of sp³-hybridized carbons (Fsp3) is 0.923. The van der Waals surface area contributed by atoms with Crippen LogP contribution in [0.25, 0.3) is 0 Å². The van der Waals surface area contributed by atoms with Crippen molar-refractivity contribution in [3.8, 4) is 6.07 Å². The van der Waals surface area contributed by atoms with Gasteiger partial charge in [-0.3, -0.25) is 4.90 Å². The molecule has 0 aromatic rings. The summed E-state index contributed by atoms with van der Waals surface area (Å²) >= 11 is 0. The highest BCUT2D eigenvalue weighted by molar-refractivity contribution is 5.10. The molecule has 0 atom stereocenters. The second-order valence-corrected chi connectivity index (χ2v) is 5.37. The van der Waals surface area contributed by atoms with Crippen LogP contribution >= 0.6 is 0 Å². The predicted molar refractivity (Wildman–Crippen MR) is 61.4 cm³/mol. The third-order valence-corrected chi connectivity index (χ3v) is 4.28. The highest BCUT2D eigenvalue weighted by Crippen LogP contribution is 2.35. The van der Waals surface area contributed by atoms with E-state index in [1.54, 1.807) is 0 Å². The second-order valence-electron chi connectivity index (χ2n) is 5.37. The van der Waals surface area contributed by atoms with Crippen molar-refractivity contribution >= 4 is 0 Å². The average Bonchev–Trinajstić information content (AvgIpc) is 2.31. The average molecular weight is 206 g/mol. The highest BCUT2D eigenvalue weighted by atomic mass is 15.2. The maximum Gasteiger partial charge on any atom is 0.109 e. The van der Waals surface area contributed by atoms with Crippen molar-refractivity contribution in [2.24, 2.45) is 5.92 Å². The van der Waals surface area contributed by atoms with Gasteiger partial charge >= 0.3 is 0 Å². The minimum atomic E-state index is -0.0849. The SMILES string of the molecule is CC1CCN(C2(C#N)CCCCC2)CC1. The van der Waals surface area contributed by atoms with E-state index in [1.807, 2.05) is 0 Å². The van der Waals surface area contributed by atoms with Crippen molar-refractivity contribution in [2.75, 3.05) is 13.1 Å². The van der Waals surface area contributed by atoms with Gasteiger partial charge in [0.2, 0.25) is 0 Å². The predicted octanol–water partition coefficient (Wildman–Crippen LogP) is 2.94. The van der Waals surface area contributed by atoms with Gasteiger partial charge in [0.25, 0.3) is 0 Å². The van der Waals surface area contributed by atoms with Gasteiger partial charge < -0.3 is 0 Å². The van der Waals surface area contributed by atoms with Crippen LogP contribution in [0.3, 0.4) is 0 Å². The van der Waals surface area contributed by atoms with Gasteiger partial charge in [0.1, 0.15) is 5.54 Å². The van der Waals surface area contributed by atoms with Crippen LogP contribution in [0.1, 0.15) is 51.9 Å². The van der Waals surface area contributed by atoms with Crippen molar-refractivity contribution < 1.29 is 0 Å². The summed E-state index contributed by atoms with van der Waals surface area (Å²) in [6.07, 6.45) is 8.61. The van der Waals surface area contributed by atoms with Gasteiger partial charge in [-0.2, -0.15) is 5.26 Å². The summed E-state index contributed by atoms with van der Waals surface area (Å²) in [6.45, 7) is 4.63. The topological polar surface area (TPSA) is 27.0 Å². The molecule has 0 radical (unpaired) electrons. The molecular formula is C13H22N2. The monoisotopic (exact) mass is 206 g/mol. The number of hydrogen-bond acceptors (Lipinski definition) is 2. The van der Waals surface area contributed by atoms with E-state index in [-0.39, 0.29) is 5.54 Å². The summed E-state index contributed by atoms with van der Waals surface area (Å²) in [5.74, 6) is 0.862. The number of nitrogens with zero attached hydrogens (tertiary/aromatic N) is 2. The van der Waals surface area contributed by atoms with Crippen LogP contribution in [-0.4, -0.2) is 23.5 Å². The molecule has 1 aliphatic carbocycles. The smallest absolute Gasteiger partial charge is 0.109 e. The summed E-state index contributed by atoms with van der Waals surface area (Å²) in [4.78, 5) is 2.48. The Balaban J connectivity index is 2.03. The molecule has 1 heterocycles. The molecule has 1 saturated carbocycles. The minimum absolute atomic E-state index is 0.0849. The molecule has 1 aliphatic heterocycles. The first-order valence-electron chi connectivity index (χ1n) is 6.43. The largest absolute Gasteiger partial charge is 0.286 e. The first-order valence-corrected chi connectivity index (χ1v) is 6.43. The quantitative estimate of drug-likeness (QED) is 0.659. The summed E-state index contributed by atoms with van der Waals surface area (Å²) < 4.78 is 0. The lowest BCUT2D eigenvalue weighted by Gasteiger charge is -2.44. The summed E-state index contributed by atoms with van der Waals surface area (Å²) in [6, 6.07) is 2.63.